The van der Waals surface area contributed by atoms with Gasteiger partial charge in [-0.3, -0.25) is 9.80 Å². The second kappa shape index (κ2) is 17.5. The summed E-state index contributed by atoms with van der Waals surface area (Å²) in [7, 11) is 1.30. The predicted octanol–water partition coefficient (Wildman–Crippen LogP) is 6.85. The van der Waals surface area contributed by atoms with Crippen LogP contribution in [-0.4, -0.2) is 65.7 Å². The number of allylic oxidation sites excluding steroid dienone is 5. The van der Waals surface area contributed by atoms with Gasteiger partial charge in [0.15, 0.2) is 5.82 Å². The smallest absolute Gasteiger partial charge is 0.413 e. The molecule has 4 rings (SSSR count). The van der Waals surface area contributed by atoms with E-state index in [1.807, 2.05) is 54.9 Å². The van der Waals surface area contributed by atoms with Gasteiger partial charge in [-0.1, -0.05) is 43.4 Å². The Kier molecular flexibility index (Phi) is 13.6. The molecule has 0 spiro atoms. The zero-order chi connectivity index (χ0) is 37.3. The van der Waals surface area contributed by atoms with E-state index in [1.165, 1.54) is 17.2 Å². The van der Waals surface area contributed by atoms with Gasteiger partial charge in [0, 0.05) is 38.4 Å². The number of nitrogens with zero attached hydrogens (tertiary/aromatic N) is 4. The molecule has 3 aromatic rings. The van der Waals surface area contributed by atoms with Crippen LogP contribution < -0.4 is 26.2 Å². The number of aryl methyl sites for hydroxylation is 1. The summed E-state index contributed by atoms with van der Waals surface area (Å²) in [5.41, 5.74) is 5.81. The molecule has 0 aliphatic heterocycles. The first-order valence-corrected chi connectivity index (χ1v) is 17.7. The minimum absolute atomic E-state index is 0.0753. The normalized spacial score (nSPS) is 15.5. The van der Waals surface area contributed by atoms with E-state index in [1.54, 1.807) is 40.2 Å². The van der Waals surface area contributed by atoms with Crippen molar-refractivity contribution in [2.45, 2.75) is 77.2 Å². The molecule has 0 saturated carbocycles. The number of methoxy groups -OCH3 is 1. The number of aromatic nitrogens is 3. The van der Waals surface area contributed by atoms with Gasteiger partial charge in [0.1, 0.15) is 16.9 Å². The van der Waals surface area contributed by atoms with Crippen molar-refractivity contribution in [3.05, 3.63) is 77.5 Å². The van der Waals surface area contributed by atoms with Crippen molar-refractivity contribution in [3.63, 3.8) is 0 Å². The molecule has 0 fully saturated rings. The summed E-state index contributed by atoms with van der Waals surface area (Å²) in [6.45, 7) is 7.11. The number of ether oxygens (including phenoxy) is 2. The van der Waals surface area contributed by atoms with E-state index in [9.17, 15) is 18.0 Å². The van der Waals surface area contributed by atoms with E-state index in [2.05, 4.69) is 15.1 Å². The first kappa shape index (κ1) is 39.8. The van der Waals surface area contributed by atoms with E-state index in [4.69, 9.17) is 30.1 Å². The Balaban J connectivity index is 1.45. The summed E-state index contributed by atoms with van der Waals surface area (Å²) in [4.78, 5) is 22.0. The number of carbonyl (C=O) groups excluding carboxylic acids is 1. The number of hydrazine groups is 1. The average molecular weight is 734 g/mol. The maximum Gasteiger partial charge on any atom is 0.413 e. The summed E-state index contributed by atoms with van der Waals surface area (Å²) in [5.74, 6) is 6.41. The number of hydrogen-bond acceptors (Lipinski definition) is 11. The summed E-state index contributed by atoms with van der Waals surface area (Å²) >= 11 is 0. The highest BCUT2D eigenvalue weighted by atomic mass is 31.2. The molecule has 16 heteroatoms. The molecular formula is C35H47F3N7O5P. The number of benzene rings is 1. The van der Waals surface area contributed by atoms with Gasteiger partial charge in [0.05, 0.1) is 24.7 Å². The Morgan fingerprint density at radius 3 is 2.53 bits per heavy atom. The quantitative estimate of drug-likeness (QED) is 0.0578. The maximum atomic E-state index is 13.6. The van der Waals surface area contributed by atoms with Crippen LogP contribution in [0.5, 0.6) is 5.75 Å². The van der Waals surface area contributed by atoms with Crippen molar-refractivity contribution >= 4 is 37.3 Å². The molecule has 0 radical (unpaired) electrons. The van der Waals surface area contributed by atoms with Crippen LogP contribution in [0.15, 0.2) is 72.0 Å². The molecule has 1 aromatic carbocycles. The minimum atomic E-state index is -4.49. The van der Waals surface area contributed by atoms with Crippen molar-refractivity contribution < 1.29 is 36.5 Å². The standard InChI is InChI=1S/C35H47F3N7O5P/c1-7-24-13-15-26(16-14-24)50-51(43-34(3,4)32(46)48-20-18-25-11-9-8-10-12-29(25)35(36,37)38)49-22-27(47-6)21-23(2)45-19-17-28-30(44(5)40)41-33(39)42-31(28)45/h8-11,13-17,19,23,27,43H,7,12,18,20-22,40H2,1-6H3,(H2,39,41,42). The molecule has 2 aromatic heterocycles. The van der Waals surface area contributed by atoms with E-state index in [0.717, 1.165) is 17.4 Å². The Hall–Kier alpha value is -4.01. The predicted molar refractivity (Wildman–Crippen MR) is 193 cm³/mol. The van der Waals surface area contributed by atoms with Gasteiger partial charge in [-0.05, 0) is 69.4 Å². The van der Waals surface area contributed by atoms with Crippen LogP contribution in [0.25, 0.3) is 11.0 Å². The lowest BCUT2D eigenvalue weighted by atomic mass is 10.0. The van der Waals surface area contributed by atoms with Crippen LogP contribution >= 0.6 is 8.53 Å². The summed E-state index contributed by atoms with van der Waals surface area (Å²) in [5, 5.41) is 5.26. The molecule has 5 N–H and O–H groups in total. The number of halogens is 3. The third-order valence-electron chi connectivity index (χ3n) is 8.30. The molecule has 12 nitrogen and oxygen atoms in total. The highest BCUT2D eigenvalue weighted by Gasteiger charge is 2.37. The Labute approximate surface area is 297 Å². The largest absolute Gasteiger partial charge is 0.464 e. The lowest BCUT2D eigenvalue weighted by Crippen LogP contribution is -2.46. The van der Waals surface area contributed by atoms with E-state index in [0.29, 0.717) is 23.6 Å². The second-order valence-corrected chi connectivity index (χ2v) is 13.9. The number of nitrogens with one attached hydrogen (secondary N) is 1. The molecule has 278 valence electrons. The number of esters is 1. The van der Waals surface area contributed by atoms with Crippen LogP contribution in [0.1, 0.15) is 58.6 Å². The van der Waals surface area contributed by atoms with E-state index >= 15 is 0 Å². The zero-order valence-corrected chi connectivity index (χ0v) is 30.6. The second-order valence-electron chi connectivity index (χ2n) is 12.7. The third kappa shape index (κ3) is 10.7. The van der Waals surface area contributed by atoms with Crippen molar-refractivity contribution in [2.75, 3.05) is 38.1 Å². The van der Waals surface area contributed by atoms with Gasteiger partial charge in [-0.25, -0.2) is 10.9 Å². The molecule has 1 aliphatic rings. The zero-order valence-electron chi connectivity index (χ0n) is 29.7. The fraction of sp³-hybridized carbons (Fsp3) is 0.457. The molecule has 0 bridgehead atoms. The Morgan fingerprint density at radius 2 is 1.88 bits per heavy atom. The topological polar surface area (TPSA) is 152 Å². The van der Waals surface area contributed by atoms with Gasteiger partial charge in [0.2, 0.25) is 5.95 Å². The molecule has 0 saturated heterocycles. The Morgan fingerprint density at radius 1 is 1.16 bits per heavy atom. The minimum Gasteiger partial charge on any atom is -0.464 e. The molecule has 51 heavy (non-hydrogen) atoms. The molecule has 0 amide bonds. The van der Waals surface area contributed by atoms with Crippen LogP contribution in [0, 0.1) is 0 Å². The number of nitrogen functional groups attached to an aromatic ring is 1. The number of carbonyl (C=O) groups is 1. The van der Waals surface area contributed by atoms with Crippen LogP contribution in [-0.2, 0) is 25.2 Å². The van der Waals surface area contributed by atoms with Crippen LogP contribution in [0.3, 0.4) is 0 Å². The van der Waals surface area contributed by atoms with Crippen molar-refractivity contribution in [3.8, 4) is 5.75 Å². The molecule has 3 atom stereocenters. The monoisotopic (exact) mass is 733 g/mol. The summed E-state index contributed by atoms with van der Waals surface area (Å²) in [6.07, 6.45) is 3.99. The van der Waals surface area contributed by atoms with Gasteiger partial charge in [-0.2, -0.15) is 23.1 Å². The molecule has 3 unspecified atom stereocenters. The highest BCUT2D eigenvalue weighted by Crippen LogP contribution is 2.39. The lowest BCUT2D eigenvalue weighted by Gasteiger charge is -2.30. The number of nitrogens with two attached hydrogens (primary N) is 2. The van der Waals surface area contributed by atoms with Gasteiger partial charge in [0.25, 0.3) is 0 Å². The first-order chi connectivity index (χ1) is 24.1. The van der Waals surface area contributed by atoms with Gasteiger partial charge < -0.3 is 28.8 Å². The van der Waals surface area contributed by atoms with Gasteiger partial charge in [-0.15, -0.1) is 0 Å². The fourth-order valence-corrected chi connectivity index (χ4v) is 6.73. The molecule has 2 heterocycles. The van der Waals surface area contributed by atoms with Crippen LogP contribution in [0.4, 0.5) is 24.9 Å². The van der Waals surface area contributed by atoms with Crippen molar-refractivity contribution in [1.29, 1.82) is 0 Å². The Bertz CT molecular complexity index is 1720. The SMILES string of the molecule is CCc1ccc(OP(NC(C)(C)C(=O)OCCC2=C(C(F)(F)F)CC=CC=C2)OCC(CC(C)n2ccc3c(N(C)N)nc(N)nc32)OC)cc1. The highest BCUT2D eigenvalue weighted by molar-refractivity contribution is 7.45. The fourth-order valence-electron chi connectivity index (χ4n) is 5.41. The van der Waals surface area contributed by atoms with Crippen LogP contribution in [0.2, 0.25) is 0 Å². The van der Waals surface area contributed by atoms with Gasteiger partial charge >= 0.3 is 20.7 Å². The first-order valence-electron chi connectivity index (χ1n) is 16.6. The number of anilines is 2. The van der Waals surface area contributed by atoms with E-state index < -0.39 is 37.9 Å². The summed E-state index contributed by atoms with van der Waals surface area (Å²) in [6, 6.07) is 9.28. The average Bonchev–Trinajstić information content (AvgIpc) is 3.34. The maximum absolute atomic E-state index is 13.6. The molecular weight excluding hydrogens is 686 g/mol. The van der Waals surface area contributed by atoms with Crippen molar-refractivity contribution in [2.24, 2.45) is 5.84 Å². The number of rotatable bonds is 17. The summed E-state index contributed by atoms with van der Waals surface area (Å²) < 4.78 is 66.6. The number of fused-ring (bicyclic) bond motifs is 1. The number of hydrogen-bond donors (Lipinski definition) is 3. The third-order valence-corrected chi connectivity index (χ3v) is 9.80. The van der Waals surface area contributed by atoms with E-state index in [-0.39, 0.29) is 43.6 Å². The van der Waals surface area contributed by atoms with Crippen molar-refractivity contribution in [1.82, 2.24) is 19.6 Å². The molecule has 1 aliphatic carbocycles. The lowest BCUT2D eigenvalue weighted by molar-refractivity contribution is -0.149. The number of alkyl halides is 3.